The summed E-state index contributed by atoms with van der Waals surface area (Å²) in [5, 5.41) is 7.42. The topological polar surface area (TPSA) is 112 Å². The number of hydrogen-bond acceptors (Lipinski definition) is 3. The second kappa shape index (κ2) is 11.3. The molecule has 6 nitrogen and oxygen atoms in total. The van der Waals surface area contributed by atoms with Crippen molar-refractivity contribution in [1.29, 1.82) is 0 Å². The molecule has 0 aromatic heterocycles. The van der Waals surface area contributed by atoms with Crippen LogP contribution in [0.2, 0.25) is 0 Å². The molecule has 0 amide bonds. The van der Waals surface area contributed by atoms with Crippen molar-refractivity contribution in [2.75, 3.05) is 0 Å². The third-order valence-corrected chi connectivity index (χ3v) is 0. The summed E-state index contributed by atoms with van der Waals surface area (Å²) >= 11 is 0. The minimum absolute atomic E-state index is 0. The first kappa shape index (κ1) is 22.8. The molecule has 0 heterocycles. The molecule has 0 aliphatic rings. The van der Waals surface area contributed by atoms with E-state index in [0.29, 0.717) is 0 Å². The summed E-state index contributed by atoms with van der Waals surface area (Å²) in [5.41, 5.74) is 0. The minimum atomic E-state index is -4.67. The van der Waals surface area contributed by atoms with Gasteiger partial charge in [0.2, 0.25) is 0 Å². The van der Waals surface area contributed by atoms with E-state index in [9.17, 15) is 0 Å². The quantitative estimate of drug-likeness (QED) is 0.316. The van der Waals surface area contributed by atoms with Crippen LogP contribution in [-0.2, 0) is 15.2 Å². The van der Waals surface area contributed by atoms with Crippen LogP contribution in [0.1, 0.15) is 6.92 Å². The summed E-state index contributed by atoms with van der Waals surface area (Å²) in [6.07, 6.45) is 0. The molecular formula is C2H8Na2O6S. The van der Waals surface area contributed by atoms with E-state index in [1.54, 1.807) is 0 Å². The van der Waals surface area contributed by atoms with Crippen molar-refractivity contribution in [3.8, 4) is 0 Å². The Morgan fingerprint density at radius 1 is 1.18 bits per heavy atom. The fourth-order valence-corrected chi connectivity index (χ4v) is 0. The SMILES string of the molecule is CC(=O)O.O=S(=O)(O)O.[NaH].[NaH]. The monoisotopic (exact) mass is 206 g/mol. The Kier molecular flexibility index (Phi) is 23.5. The van der Waals surface area contributed by atoms with Gasteiger partial charge in [0.15, 0.2) is 0 Å². The molecule has 3 N–H and O–H groups in total. The van der Waals surface area contributed by atoms with E-state index in [1.165, 1.54) is 0 Å². The molecule has 11 heavy (non-hydrogen) atoms. The van der Waals surface area contributed by atoms with Gasteiger partial charge < -0.3 is 5.11 Å². The summed E-state index contributed by atoms with van der Waals surface area (Å²) < 4.78 is 31.6. The molecule has 0 unspecified atom stereocenters. The van der Waals surface area contributed by atoms with E-state index in [-0.39, 0.29) is 59.1 Å². The Morgan fingerprint density at radius 3 is 1.18 bits per heavy atom. The zero-order chi connectivity index (χ0) is 8.08. The first-order valence-corrected chi connectivity index (χ1v) is 3.02. The van der Waals surface area contributed by atoms with Gasteiger partial charge >= 0.3 is 69.5 Å². The predicted octanol–water partition coefficient (Wildman–Crippen LogP) is -1.86. The first-order chi connectivity index (χ1) is 3.73. The van der Waals surface area contributed by atoms with Crippen molar-refractivity contribution < 1.29 is 27.4 Å². The Labute approximate surface area is 109 Å². The van der Waals surface area contributed by atoms with Gasteiger partial charge in [-0.25, -0.2) is 0 Å². The van der Waals surface area contributed by atoms with Gasteiger partial charge in [-0.15, -0.1) is 0 Å². The van der Waals surface area contributed by atoms with Crippen molar-refractivity contribution >= 4 is 75.5 Å². The Morgan fingerprint density at radius 2 is 1.18 bits per heavy atom. The van der Waals surface area contributed by atoms with Crippen LogP contribution >= 0.6 is 0 Å². The molecule has 0 bridgehead atoms. The van der Waals surface area contributed by atoms with Gasteiger partial charge in [-0.1, -0.05) is 0 Å². The van der Waals surface area contributed by atoms with Crippen LogP contribution in [0.4, 0.5) is 0 Å². The average molecular weight is 206 g/mol. The summed E-state index contributed by atoms with van der Waals surface area (Å²) in [4.78, 5) is 9.00. The van der Waals surface area contributed by atoms with E-state index >= 15 is 0 Å². The van der Waals surface area contributed by atoms with Crippen LogP contribution in [0.3, 0.4) is 0 Å². The van der Waals surface area contributed by atoms with E-state index in [2.05, 4.69) is 0 Å². The second-order valence-electron chi connectivity index (χ2n) is 0.967. The van der Waals surface area contributed by atoms with Crippen molar-refractivity contribution in [2.24, 2.45) is 0 Å². The van der Waals surface area contributed by atoms with E-state index < -0.39 is 16.4 Å². The number of carboxylic acid groups (broad SMARTS) is 1. The zero-order valence-electron chi connectivity index (χ0n) is 4.47. The van der Waals surface area contributed by atoms with Gasteiger partial charge in [0, 0.05) is 6.92 Å². The number of aliphatic carboxylic acids is 1. The van der Waals surface area contributed by atoms with E-state index in [1.807, 2.05) is 0 Å². The first-order valence-electron chi connectivity index (χ1n) is 1.63. The van der Waals surface area contributed by atoms with Crippen molar-refractivity contribution in [2.45, 2.75) is 6.92 Å². The molecule has 0 rings (SSSR count). The standard InChI is InChI=1S/C2H4O2.2Na.H2O4S.2H/c1-2(3)4;;;1-5(2,3)4;;/h1H3,(H,3,4);;;(H2,1,2,3,4);;. The number of carboxylic acids is 1. The van der Waals surface area contributed by atoms with Crippen LogP contribution in [0.15, 0.2) is 0 Å². The van der Waals surface area contributed by atoms with Crippen LogP contribution in [0.5, 0.6) is 0 Å². The summed E-state index contributed by atoms with van der Waals surface area (Å²) in [7, 11) is -4.67. The normalized spacial score (nSPS) is 7.55. The molecule has 0 radical (unpaired) electrons. The fourth-order valence-electron chi connectivity index (χ4n) is 0. The number of carbonyl (C=O) groups is 1. The molecule has 0 aromatic carbocycles. The molecule has 0 fully saturated rings. The van der Waals surface area contributed by atoms with Gasteiger partial charge in [0.25, 0.3) is 5.97 Å². The van der Waals surface area contributed by atoms with E-state index in [0.717, 1.165) is 6.92 Å². The average Bonchev–Trinajstić information content (AvgIpc) is 1.19. The zero-order valence-corrected chi connectivity index (χ0v) is 5.29. The summed E-state index contributed by atoms with van der Waals surface area (Å²) in [5.74, 6) is -0.833. The second-order valence-corrected chi connectivity index (χ2v) is 1.86. The van der Waals surface area contributed by atoms with Gasteiger partial charge in [-0.05, 0) is 0 Å². The van der Waals surface area contributed by atoms with Gasteiger partial charge in [-0.2, -0.15) is 8.42 Å². The van der Waals surface area contributed by atoms with Crippen molar-refractivity contribution in [3.05, 3.63) is 0 Å². The number of rotatable bonds is 0. The van der Waals surface area contributed by atoms with Crippen LogP contribution in [0.25, 0.3) is 0 Å². The van der Waals surface area contributed by atoms with Crippen LogP contribution in [0, 0.1) is 0 Å². The summed E-state index contributed by atoms with van der Waals surface area (Å²) in [6, 6.07) is 0. The summed E-state index contributed by atoms with van der Waals surface area (Å²) in [6.45, 7) is 1.08. The molecule has 0 spiro atoms. The fraction of sp³-hybridized carbons (Fsp3) is 0.500. The Balaban J connectivity index is -0.0000000383. The molecule has 9 heteroatoms. The predicted molar refractivity (Wildman–Crippen MR) is 41.8 cm³/mol. The molecule has 0 aliphatic heterocycles. The molecule has 0 saturated carbocycles. The third-order valence-electron chi connectivity index (χ3n) is 0. The van der Waals surface area contributed by atoms with Crippen molar-refractivity contribution in [1.82, 2.24) is 0 Å². The maximum absolute atomic E-state index is 9.00. The molecule has 0 saturated heterocycles. The van der Waals surface area contributed by atoms with E-state index in [4.69, 9.17) is 27.4 Å². The third kappa shape index (κ3) is 551. The molecule has 0 aliphatic carbocycles. The molecule has 60 valence electrons. The van der Waals surface area contributed by atoms with Crippen molar-refractivity contribution in [3.63, 3.8) is 0 Å². The Bertz CT molecular complexity index is 161. The Hall–Kier alpha value is 1.34. The van der Waals surface area contributed by atoms with Crippen LogP contribution < -0.4 is 0 Å². The van der Waals surface area contributed by atoms with Gasteiger partial charge in [0.05, 0.1) is 0 Å². The molecular weight excluding hydrogens is 198 g/mol. The maximum atomic E-state index is 9.00. The molecule has 0 aromatic rings. The molecule has 0 atom stereocenters. The number of hydrogen-bond donors (Lipinski definition) is 3. The van der Waals surface area contributed by atoms with Crippen LogP contribution in [-0.4, -0.2) is 87.7 Å². The van der Waals surface area contributed by atoms with Gasteiger partial charge in [0.1, 0.15) is 0 Å². The van der Waals surface area contributed by atoms with Gasteiger partial charge in [-0.3, -0.25) is 13.9 Å².